The molecule has 0 aliphatic rings. The summed E-state index contributed by atoms with van der Waals surface area (Å²) in [6, 6.07) is 10.2. The van der Waals surface area contributed by atoms with Gasteiger partial charge in [0.15, 0.2) is 0 Å². The number of nitrogens with zero attached hydrogens (tertiary/aromatic N) is 2. The smallest absolute Gasteiger partial charge is 0.234 e. The molecule has 2 aromatic carbocycles. The Morgan fingerprint density at radius 1 is 1.13 bits per heavy atom. The zero-order chi connectivity index (χ0) is 21.0. The Kier molecular flexibility index (Phi) is 8.20. The van der Waals surface area contributed by atoms with Gasteiger partial charge in [-0.3, -0.25) is 10.1 Å². The average Bonchev–Trinajstić information content (AvgIpc) is 3.03. The van der Waals surface area contributed by atoms with Crippen molar-refractivity contribution >= 4 is 29.9 Å². The molecule has 0 spiro atoms. The second-order valence-electron chi connectivity index (χ2n) is 6.37. The van der Waals surface area contributed by atoms with Gasteiger partial charge in [-0.2, -0.15) is 5.10 Å². The van der Waals surface area contributed by atoms with E-state index in [2.05, 4.69) is 5.10 Å². The molecule has 160 valence electrons. The Hall–Kier alpha value is -2.64. The van der Waals surface area contributed by atoms with Gasteiger partial charge >= 0.3 is 0 Å². The highest BCUT2D eigenvalue weighted by molar-refractivity contribution is 6.30. The second kappa shape index (κ2) is 10.4. The molecule has 0 saturated carbocycles. The highest BCUT2D eigenvalue weighted by Gasteiger charge is 2.14. The maximum absolute atomic E-state index is 13.9. The van der Waals surface area contributed by atoms with Crippen molar-refractivity contribution < 1.29 is 18.3 Å². The van der Waals surface area contributed by atoms with E-state index in [-0.39, 0.29) is 30.5 Å². The number of hydrogen-bond donors (Lipinski definition) is 1. The van der Waals surface area contributed by atoms with Crippen molar-refractivity contribution in [2.75, 3.05) is 6.61 Å². The quantitative estimate of drug-likeness (QED) is 0.376. The lowest BCUT2D eigenvalue weighted by Gasteiger charge is -2.13. The Labute approximate surface area is 184 Å². The maximum Gasteiger partial charge on any atom is 0.234 e. The number of aromatic nitrogens is 2. The summed E-state index contributed by atoms with van der Waals surface area (Å²) in [6.45, 7) is 4.34. The van der Waals surface area contributed by atoms with Gasteiger partial charge in [-0.05, 0) is 50.2 Å². The van der Waals surface area contributed by atoms with Crippen LogP contribution in [0.2, 0.25) is 5.02 Å². The molecule has 1 aromatic heterocycles. The zero-order valence-corrected chi connectivity index (χ0v) is 18.0. The number of benzene rings is 2. The molecule has 0 aliphatic carbocycles. The van der Waals surface area contributed by atoms with Gasteiger partial charge in [-0.25, -0.2) is 8.78 Å². The molecular formula is C21H21Cl2F2N3O2. The normalized spacial score (nSPS) is 10.4. The van der Waals surface area contributed by atoms with Crippen LogP contribution in [0.25, 0.3) is 0 Å². The SMILES string of the molecule is CCOC(=N)c1cc(C)n(Cc2cc(Cl)ccc2OCc2ccc(F)cc2F)n1.Cl. The largest absolute Gasteiger partial charge is 0.488 e. The summed E-state index contributed by atoms with van der Waals surface area (Å²) in [5.41, 5.74) is 2.25. The lowest BCUT2D eigenvalue weighted by atomic mass is 10.2. The summed E-state index contributed by atoms with van der Waals surface area (Å²) in [7, 11) is 0. The fourth-order valence-electron chi connectivity index (χ4n) is 2.77. The van der Waals surface area contributed by atoms with Crippen molar-refractivity contribution in [3.05, 3.63) is 81.6 Å². The molecule has 1 heterocycles. The average molecular weight is 456 g/mol. The number of nitrogens with one attached hydrogen (secondary N) is 1. The molecule has 0 bridgehead atoms. The molecule has 0 amide bonds. The zero-order valence-electron chi connectivity index (χ0n) is 16.4. The Balaban J connectivity index is 0.00000320. The van der Waals surface area contributed by atoms with E-state index in [4.69, 9.17) is 26.5 Å². The highest BCUT2D eigenvalue weighted by Crippen LogP contribution is 2.26. The van der Waals surface area contributed by atoms with Crippen molar-refractivity contribution in [1.82, 2.24) is 9.78 Å². The molecule has 3 aromatic rings. The third kappa shape index (κ3) is 5.70. The van der Waals surface area contributed by atoms with E-state index < -0.39 is 11.6 Å². The van der Waals surface area contributed by atoms with E-state index in [1.54, 1.807) is 35.9 Å². The van der Waals surface area contributed by atoms with Gasteiger partial charge in [0.25, 0.3) is 0 Å². The van der Waals surface area contributed by atoms with Crippen LogP contribution in [0, 0.1) is 24.0 Å². The molecule has 1 N–H and O–H groups in total. The van der Waals surface area contributed by atoms with E-state index in [9.17, 15) is 8.78 Å². The van der Waals surface area contributed by atoms with Gasteiger partial charge in [0.05, 0.1) is 13.2 Å². The molecule has 0 radical (unpaired) electrons. The molecule has 3 rings (SSSR count). The molecule has 0 unspecified atom stereocenters. The molecule has 0 atom stereocenters. The third-order valence-electron chi connectivity index (χ3n) is 4.24. The minimum atomic E-state index is -0.664. The number of aryl methyl sites for hydroxylation is 1. The van der Waals surface area contributed by atoms with E-state index in [1.165, 1.54) is 12.1 Å². The first kappa shape index (κ1) is 23.6. The summed E-state index contributed by atoms with van der Waals surface area (Å²) in [4.78, 5) is 0. The number of hydrogen-bond acceptors (Lipinski definition) is 4. The van der Waals surface area contributed by atoms with Gasteiger partial charge in [0.1, 0.15) is 29.7 Å². The summed E-state index contributed by atoms with van der Waals surface area (Å²) in [5.74, 6) is -0.790. The number of ether oxygens (including phenoxy) is 2. The first-order valence-electron chi connectivity index (χ1n) is 8.98. The molecule has 5 nitrogen and oxygen atoms in total. The third-order valence-corrected chi connectivity index (χ3v) is 4.48. The topological polar surface area (TPSA) is 60.1 Å². The van der Waals surface area contributed by atoms with Crippen LogP contribution in [0.5, 0.6) is 5.75 Å². The summed E-state index contributed by atoms with van der Waals surface area (Å²) in [6.07, 6.45) is 0. The van der Waals surface area contributed by atoms with Crippen LogP contribution in [0.4, 0.5) is 8.78 Å². The Bertz CT molecular complexity index is 1040. The van der Waals surface area contributed by atoms with Crippen LogP contribution in [-0.4, -0.2) is 22.3 Å². The summed E-state index contributed by atoms with van der Waals surface area (Å²) < 4.78 is 39.6. The molecule has 0 fully saturated rings. The standard InChI is InChI=1S/C21H20ClF2N3O2.ClH/c1-3-28-21(25)19-8-13(2)27(26-19)11-15-9-16(22)5-7-20(15)29-12-14-4-6-17(23)10-18(14)24;/h4-10,25H,3,11-12H2,1-2H3;1H. The lowest BCUT2D eigenvalue weighted by Crippen LogP contribution is -2.09. The molecule has 9 heteroatoms. The fourth-order valence-corrected chi connectivity index (χ4v) is 2.96. The minimum Gasteiger partial charge on any atom is -0.488 e. The van der Waals surface area contributed by atoms with Crippen LogP contribution < -0.4 is 4.74 Å². The van der Waals surface area contributed by atoms with E-state index in [0.29, 0.717) is 29.6 Å². The van der Waals surface area contributed by atoms with E-state index in [1.807, 2.05) is 6.92 Å². The van der Waals surface area contributed by atoms with Gasteiger partial charge in [-0.15, -0.1) is 12.4 Å². The second-order valence-corrected chi connectivity index (χ2v) is 6.80. The predicted molar refractivity (Wildman–Crippen MR) is 114 cm³/mol. The molecule has 0 aliphatic heterocycles. The minimum absolute atomic E-state index is 0. The molecule has 0 saturated heterocycles. The maximum atomic E-state index is 13.9. The van der Waals surface area contributed by atoms with Crippen LogP contribution in [-0.2, 0) is 17.9 Å². The van der Waals surface area contributed by atoms with Crippen molar-refractivity contribution in [3.8, 4) is 5.75 Å². The number of halogens is 4. The van der Waals surface area contributed by atoms with Gasteiger partial charge in [0.2, 0.25) is 5.90 Å². The van der Waals surface area contributed by atoms with Crippen molar-refractivity contribution in [2.24, 2.45) is 0 Å². The number of rotatable bonds is 7. The Morgan fingerprint density at radius 3 is 2.60 bits per heavy atom. The van der Waals surface area contributed by atoms with E-state index in [0.717, 1.165) is 17.3 Å². The van der Waals surface area contributed by atoms with Crippen LogP contribution in [0.3, 0.4) is 0 Å². The lowest BCUT2D eigenvalue weighted by molar-refractivity contribution is 0.295. The predicted octanol–water partition coefficient (Wildman–Crippen LogP) is 5.53. The fraction of sp³-hybridized carbons (Fsp3) is 0.238. The van der Waals surface area contributed by atoms with Crippen molar-refractivity contribution in [1.29, 1.82) is 5.41 Å². The Morgan fingerprint density at radius 2 is 1.90 bits per heavy atom. The van der Waals surface area contributed by atoms with Gasteiger partial charge < -0.3 is 9.47 Å². The first-order chi connectivity index (χ1) is 13.9. The van der Waals surface area contributed by atoms with Gasteiger partial charge in [-0.1, -0.05) is 11.6 Å². The highest BCUT2D eigenvalue weighted by atomic mass is 35.5. The van der Waals surface area contributed by atoms with Crippen molar-refractivity contribution in [3.63, 3.8) is 0 Å². The van der Waals surface area contributed by atoms with E-state index >= 15 is 0 Å². The summed E-state index contributed by atoms with van der Waals surface area (Å²) in [5, 5.41) is 12.8. The van der Waals surface area contributed by atoms with Crippen LogP contribution in [0.15, 0.2) is 42.5 Å². The van der Waals surface area contributed by atoms with Gasteiger partial charge in [0, 0.05) is 27.9 Å². The molecular weight excluding hydrogens is 435 g/mol. The van der Waals surface area contributed by atoms with Crippen molar-refractivity contribution in [2.45, 2.75) is 27.0 Å². The van der Waals surface area contributed by atoms with Crippen LogP contribution >= 0.6 is 24.0 Å². The summed E-state index contributed by atoms with van der Waals surface area (Å²) >= 11 is 6.14. The monoisotopic (exact) mass is 455 g/mol. The van der Waals surface area contributed by atoms with Crippen LogP contribution in [0.1, 0.15) is 29.4 Å². The first-order valence-corrected chi connectivity index (χ1v) is 9.36. The molecule has 30 heavy (non-hydrogen) atoms.